The van der Waals surface area contributed by atoms with Gasteiger partial charge in [-0.25, -0.2) is 14.7 Å². The van der Waals surface area contributed by atoms with Gasteiger partial charge in [0.1, 0.15) is 17.6 Å². The van der Waals surface area contributed by atoms with Gasteiger partial charge in [0.05, 0.1) is 0 Å². The molecule has 0 saturated heterocycles. The second-order valence-corrected chi connectivity index (χ2v) is 6.43. The number of carbonyl (C=O) groups is 2. The molecular weight excluding hydrogens is 411 g/mol. The van der Waals surface area contributed by atoms with Crippen LogP contribution in [0.3, 0.4) is 0 Å². The molecule has 1 aromatic heterocycles. The van der Waals surface area contributed by atoms with Gasteiger partial charge in [-0.3, -0.25) is 0 Å². The number of nitrogens with one attached hydrogen (secondary N) is 2. The molecular formula is C16H20Cl2N6O4. The summed E-state index contributed by atoms with van der Waals surface area (Å²) in [6.45, 7) is 1.27. The minimum atomic E-state index is -1.18. The Morgan fingerprint density at radius 2 is 1.89 bits per heavy atom. The molecule has 0 saturated carbocycles. The molecule has 0 radical (unpaired) electrons. The second-order valence-electron chi connectivity index (χ2n) is 5.67. The number of nitrogens with zero attached hydrogens (tertiary/aromatic N) is 4. The number of hydrogen-bond acceptors (Lipinski definition) is 7. The Morgan fingerprint density at radius 1 is 1.21 bits per heavy atom. The number of H-pyrrole nitrogens is 1. The maximum Gasteiger partial charge on any atom is 0.413 e. The molecule has 2 rings (SSSR count). The van der Waals surface area contributed by atoms with Gasteiger partial charge in [-0.1, -0.05) is 0 Å². The van der Waals surface area contributed by atoms with Crippen molar-refractivity contribution in [3.05, 3.63) is 30.1 Å². The van der Waals surface area contributed by atoms with Gasteiger partial charge in [0.25, 0.3) is 0 Å². The lowest BCUT2D eigenvalue weighted by Gasteiger charge is -2.23. The summed E-state index contributed by atoms with van der Waals surface area (Å²) in [5.41, 5.74) is 0.887. The third kappa shape index (κ3) is 6.86. The molecule has 0 aliphatic rings. The Balaban J connectivity index is 1.90. The minimum Gasteiger partial charge on any atom is -0.480 e. The van der Waals surface area contributed by atoms with Crippen LogP contribution in [0.2, 0.25) is 0 Å². The standard InChI is InChI=1S/C16H20Cl2N6O4/c17-7-9-24(10-8-18)11-1-3-12(4-2-11)28-16(27)19-13(15(25)26)5-6-14-20-22-23-21-14/h1-4,13H,5-10H2,(H,19,27)(H,25,26)(H,20,21,22,23)/t13-/m0/s1. The van der Waals surface area contributed by atoms with Crippen molar-refractivity contribution in [1.29, 1.82) is 0 Å². The normalized spacial score (nSPS) is 11.6. The number of hydrogen-bond donors (Lipinski definition) is 3. The summed E-state index contributed by atoms with van der Waals surface area (Å²) in [5, 5.41) is 24.6. The zero-order valence-electron chi connectivity index (χ0n) is 14.8. The molecule has 1 atom stereocenters. The summed E-state index contributed by atoms with van der Waals surface area (Å²) in [6, 6.07) is 5.63. The van der Waals surface area contributed by atoms with Crippen molar-refractivity contribution in [2.75, 3.05) is 29.7 Å². The third-order valence-electron chi connectivity index (χ3n) is 3.77. The first-order valence-corrected chi connectivity index (χ1v) is 9.51. The molecule has 12 heteroatoms. The van der Waals surface area contributed by atoms with Crippen molar-refractivity contribution in [2.45, 2.75) is 18.9 Å². The Labute approximate surface area is 171 Å². The fraction of sp³-hybridized carbons (Fsp3) is 0.438. The number of carbonyl (C=O) groups excluding carboxylic acids is 1. The number of ether oxygens (including phenoxy) is 1. The molecule has 1 aromatic carbocycles. The number of alkyl halides is 2. The number of halogens is 2. The number of aliphatic carboxylic acids is 1. The maximum absolute atomic E-state index is 12.0. The van der Waals surface area contributed by atoms with E-state index < -0.39 is 18.1 Å². The van der Waals surface area contributed by atoms with Gasteiger partial charge in [-0.2, -0.15) is 0 Å². The van der Waals surface area contributed by atoms with Crippen LogP contribution in [0.25, 0.3) is 0 Å². The van der Waals surface area contributed by atoms with E-state index in [1.165, 1.54) is 0 Å². The van der Waals surface area contributed by atoms with E-state index in [1.807, 2.05) is 4.90 Å². The van der Waals surface area contributed by atoms with Crippen LogP contribution in [0.5, 0.6) is 5.75 Å². The third-order valence-corrected chi connectivity index (χ3v) is 4.11. The van der Waals surface area contributed by atoms with Crippen LogP contribution >= 0.6 is 23.2 Å². The van der Waals surface area contributed by atoms with Crippen LogP contribution in [0, 0.1) is 0 Å². The summed E-state index contributed by atoms with van der Waals surface area (Å²) in [5.74, 6) is 0.436. The first kappa shape index (κ1) is 21.7. The number of rotatable bonds is 11. The Hall–Kier alpha value is -2.59. The number of benzene rings is 1. The monoisotopic (exact) mass is 430 g/mol. The summed E-state index contributed by atoms with van der Waals surface area (Å²) in [4.78, 5) is 25.4. The molecule has 0 aliphatic carbocycles. The SMILES string of the molecule is O=C(N[C@@H](CCc1nnn[nH]1)C(=O)O)Oc1ccc(N(CCCl)CCCl)cc1. The van der Waals surface area contributed by atoms with Crippen molar-refractivity contribution < 1.29 is 19.4 Å². The maximum atomic E-state index is 12.0. The van der Waals surface area contributed by atoms with Gasteiger partial charge in [-0.05, 0) is 41.1 Å². The molecule has 0 unspecified atom stereocenters. The molecule has 0 bridgehead atoms. The van der Waals surface area contributed by atoms with Crippen LogP contribution in [0.4, 0.5) is 10.5 Å². The quantitative estimate of drug-likeness (QED) is 0.458. The van der Waals surface area contributed by atoms with Crippen LogP contribution in [0.15, 0.2) is 24.3 Å². The lowest BCUT2D eigenvalue weighted by molar-refractivity contribution is -0.139. The van der Waals surface area contributed by atoms with E-state index in [-0.39, 0.29) is 18.6 Å². The first-order chi connectivity index (χ1) is 13.5. The highest BCUT2D eigenvalue weighted by Crippen LogP contribution is 2.20. The van der Waals surface area contributed by atoms with Gasteiger partial charge in [0.15, 0.2) is 0 Å². The van der Waals surface area contributed by atoms with E-state index in [1.54, 1.807) is 24.3 Å². The lowest BCUT2D eigenvalue weighted by Crippen LogP contribution is -2.42. The topological polar surface area (TPSA) is 133 Å². The van der Waals surface area contributed by atoms with Gasteiger partial charge in [-0.15, -0.1) is 28.3 Å². The minimum absolute atomic E-state index is 0.103. The summed E-state index contributed by atoms with van der Waals surface area (Å²) in [7, 11) is 0. The molecule has 3 N–H and O–H groups in total. The van der Waals surface area contributed by atoms with Crippen molar-refractivity contribution >= 4 is 41.0 Å². The van der Waals surface area contributed by atoms with E-state index in [0.29, 0.717) is 30.7 Å². The highest BCUT2D eigenvalue weighted by Gasteiger charge is 2.21. The van der Waals surface area contributed by atoms with Gasteiger partial charge >= 0.3 is 12.1 Å². The number of tetrazole rings is 1. The first-order valence-electron chi connectivity index (χ1n) is 8.44. The average molecular weight is 431 g/mol. The van der Waals surface area contributed by atoms with Crippen LogP contribution in [-0.2, 0) is 11.2 Å². The molecule has 28 heavy (non-hydrogen) atoms. The average Bonchev–Trinajstić information content (AvgIpc) is 3.19. The van der Waals surface area contributed by atoms with Gasteiger partial charge in [0, 0.05) is 37.0 Å². The predicted octanol–water partition coefficient (Wildman–Crippen LogP) is 1.66. The van der Waals surface area contributed by atoms with Crippen molar-refractivity contribution in [1.82, 2.24) is 25.9 Å². The predicted molar refractivity (Wildman–Crippen MR) is 103 cm³/mol. The van der Waals surface area contributed by atoms with E-state index >= 15 is 0 Å². The summed E-state index contributed by atoms with van der Waals surface area (Å²) in [6.07, 6.45) is -0.503. The van der Waals surface area contributed by atoms with E-state index in [9.17, 15) is 14.7 Å². The zero-order chi connectivity index (χ0) is 20.4. The van der Waals surface area contributed by atoms with E-state index in [2.05, 4.69) is 25.9 Å². The number of aromatic nitrogens is 4. The van der Waals surface area contributed by atoms with Crippen molar-refractivity contribution in [3.63, 3.8) is 0 Å². The largest absolute Gasteiger partial charge is 0.480 e. The summed E-state index contributed by atoms with van der Waals surface area (Å²) >= 11 is 11.6. The fourth-order valence-corrected chi connectivity index (χ4v) is 2.81. The molecule has 2 aromatic rings. The number of aromatic amines is 1. The Bertz CT molecular complexity index is 738. The highest BCUT2D eigenvalue weighted by molar-refractivity contribution is 6.18. The number of aryl methyl sites for hydroxylation is 1. The van der Waals surface area contributed by atoms with Crippen LogP contribution in [0.1, 0.15) is 12.2 Å². The van der Waals surface area contributed by atoms with E-state index in [4.69, 9.17) is 27.9 Å². The number of carboxylic acid groups (broad SMARTS) is 1. The Kier molecular flexibility index (Phi) is 8.76. The molecule has 10 nitrogen and oxygen atoms in total. The highest BCUT2D eigenvalue weighted by atomic mass is 35.5. The fourth-order valence-electron chi connectivity index (χ4n) is 2.40. The molecule has 0 fully saturated rings. The number of carboxylic acids is 1. The van der Waals surface area contributed by atoms with Crippen molar-refractivity contribution in [3.8, 4) is 5.75 Å². The van der Waals surface area contributed by atoms with Crippen molar-refractivity contribution in [2.24, 2.45) is 0 Å². The molecule has 152 valence electrons. The van der Waals surface area contributed by atoms with Gasteiger partial charge < -0.3 is 20.1 Å². The molecule has 0 aliphatic heterocycles. The molecule has 0 spiro atoms. The smallest absolute Gasteiger partial charge is 0.413 e. The number of amides is 1. The summed E-state index contributed by atoms with van der Waals surface area (Å²) < 4.78 is 5.15. The molecule has 1 heterocycles. The Morgan fingerprint density at radius 3 is 2.43 bits per heavy atom. The second kappa shape index (κ2) is 11.3. The lowest BCUT2D eigenvalue weighted by atomic mass is 10.1. The van der Waals surface area contributed by atoms with Crippen LogP contribution in [-0.4, -0.2) is 68.7 Å². The zero-order valence-corrected chi connectivity index (χ0v) is 16.4. The van der Waals surface area contributed by atoms with Gasteiger partial charge in [0.2, 0.25) is 0 Å². The molecule has 1 amide bonds. The van der Waals surface area contributed by atoms with Crippen LogP contribution < -0.4 is 15.0 Å². The number of anilines is 1. The van der Waals surface area contributed by atoms with E-state index in [0.717, 1.165) is 5.69 Å².